The second-order valence-corrected chi connectivity index (χ2v) is 10.5. The van der Waals surface area contributed by atoms with Crippen LogP contribution in [-0.2, 0) is 26.8 Å². The third-order valence-corrected chi connectivity index (χ3v) is 6.37. The lowest BCUT2D eigenvalue weighted by atomic mass is 9.86. The second-order valence-electron chi connectivity index (χ2n) is 8.48. The van der Waals surface area contributed by atoms with Crippen LogP contribution in [0.1, 0.15) is 75.6 Å². The summed E-state index contributed by atoms with van der Waals surface area (Å²) < 4.78 is 61.3. The first kappa shape index (κ1) is 25.3. The van der Waals surface area contributed by atoms with Crippen LogP contribution in [-0.4, -0.2) is 19.4 Å². The maximum atomic E-state index is 14.7. The molecule has 1 amide bonds. The Bertz CT molecular complexity index is 1070. The van der Waals surface area contributed by atoms with E-state index in [4.69, 9.17) is 16.0 Å². The highest BCUT2D eigenvalue weighted by atomic mass is 35.5. The van der Waals surface area contributed by atoms with Gasteiger partial charge in [0.25, 0.3) is 10.0 Å². The number of aliphatic hydroxyl groups is 1. The summed E-state index contributed by atoms with van der Waals surface area (Å²) in [7, 11) is -4.40. The van der Waals surface area contributed by atoms with Crippen LogP contribution in [0, 0.1) is 11.6 Å². The summed E-state index contributed by atoms with van der Waals surface area (Å²) in [5.74, 6) is -3.80. The lowest BCUT2D eigenvalue weighted by molar-refractivity contribution is -0.118. The molecule has 6 nitrogen and oxygen atoms in total. The zero-order chi connectivity index (χ0) is 23.9. The minimum absolute atomic E-state index is 0.0602. The summed E-state index contributed by atoms with van der Waals surface area (Å²) in [6.07, 6.45) is 0.487. The van der Waals surface area contributed by atoms with Crippen molar-refractivity contribution in [3.8, 4) is 0 Å². The smallest absolute Gasteiger partial charge is 0.297 e. The van der Waals surface area contributed by atoms with Crippen molar-refractivity contribution in [2.24, 2.45) is 0 Å². The van der Waals surface area contributed by atoms with Crippen molar-refractivity contribution in [2.75, 3.05) is 0 Å². The van der Waals surface area contributed by atoms with Crippen LogP contribution in [0.3, 0.4) is 0 Å². The highest BCUT2D eigenvalue weighted by Gasteiger charge is 2.30. The van der Waals surface area contributed by atoms with Crippen molar-refractivity contribution in [2.45, 2.75) is 70.5 Å². The van der Waals surface area contributed by atoms with Gasteiger partial charge in [0.05, 0.1) is 18.3 Å². The number of amides is 1. The number of rotatable bonds is 7. The average Bonchev–Trinajstić information content (AvgIpc) is 3.10. The molecule has 1 heterocycles. The minimum atomic E-state index is -4.40. The molecular formula is C21H26ClF2NO5S. The molecule has 0 fully saturated rings. The van der Waals surface area contributed by atoms with Gasteiger partial charge in [-0.25, -0.2) is 13.5 Å². The van der Waals surface area contributed by atoms with Crippen LogP contribution in [0.4, 0.5) is 8.78 Å². The number of carbonyl (C=O) groups is 1. The first-order valence-corrected chi connectivity index (χ1v) is 11.5. The number of benzene rings is 1. The van der Waals surface area contributed by atoms with Crippen molar-refractivity contribution in [1.29, 1.82) is 0 Å². The molecule has 0 radical (unpaired) electrons. The topological polar surface area (TPSA) is 96.6 Å². The first-order valence-electron chi connectivity index (χ1n) is 9.64. The molecule has 1 aromatic carbocycles. The van der Waals surface area contributed by atoms with Crippen LogP contribution >= 0.6 is 11.6 Å². The lowest BCUT2D eigenvalue weighted by Gasteiger charge is -2.22. The van der Waals surface area contributed by atoms with Crippen molar-refractivity contribution < 1.29 is 31.5 Å². The zero-order valence-electron chi connectivity index (χ0n) is 18.1. The normalized spacial score (nSPS) is 12.6. The minimum Gasteiger partial charge on any atom is -0.451 e. The number of hydrogen-bond donors (Lipinski definition) is 2. The molecule has 0 aliphatic heterocycles. The molecule has 0 saturated heterocycles. The number of sulfonamides is 1. The Morgan fingerprint density at radius 1 is 1.16 bits per heavy atom. The fraction of sp³-hybridized carbons (Fsp3) is 0.476. The number of hydrogen-bond acceptors (Lipinski definition) is 5. The number of furan rings is 1. The quantitative estimate of drug-likeness (QED) is 0.562. The van der Waals surface area contributed by atoms with Gasteiger partial charge in [0.1, 0.15) is 16.7 Å². The van der Waals surface area contributed by atoms with E-state index in [-0.39, 0.29) is 22.3 Å². The molecule has 10 heteroatoms. The van der Waals surface area contributed by atoms with Gasteiger partial charge in [-0.05, 0) is 42.4 Å². The number of nitrogens with one attached hydrogen (secondary N) is 1. The highest BCUT2D eigenvalue weighted by molar-refractivity contribution is 7.89. The van der Waals surface area contributed by atoms with Crippen molar-refractivity contribution in [3.63, 3.8) is 0 Å². The van der Waals surface area contributed by atoms with Crippen molar-refractivity contribution >= 4 is 27.5 Å². The summed E-state index contributed by atoms with van der Waals surface area (Å²) in [6, 6.07) is 1.09. The molecule has 0 atom stereocenters. The molecule has 0 aliphatic carbocycles. The molecule has 2 N–H and O–H groups in total. The van der Waals surface area contributed by atoms with Gasteiger partial charge in [-0.3, -0.25) is 4.79 Å². The maximum Gasteiger partial charge on any atom is 0.297 e. The molecule has 0 spiro atoms. The summed E-state index contributed by atoms with van der Waals surface area (Å²) in [4.78, 5) is 12.6. The van der Waals surface area contributed by atoms with Gasteiger partial charge in [-0.1, -0.05) is 39.3 Å². The van der Waals surface area contributed by atoms with Crippen LogP contribution in [0.5, 0.6) is 0 Å². The molecule has 2 rings (SSSR count). The monoisotopic (exact) mass is 477 g/mol. The van der Waals surface area contributed by atoms with Gasteiger partial charge in [0.15, 0.2) is 0 Å². The van der Waals surface area contributed by atoms with E-state index in [1.807, 2.05) is 4.72 Å². The second kappa shape index (κ2) is 8.88. The molecule has 2 aromatic rings. The third-order valence-electron chi connectivity index (χ3n) is 4.80. The Morgan fingerprint density at radius 3 is 2.03 bits per heavy atom. The Kier molecular flexibility index (Phi) is 7.24. The molecular weight excluding hydrogens is 452 g/mol. The summed E-state index contributed by atoms with van der Waals surface area (Å²) in [5.41, 5.74) is -0.965. The number of carbonyl (C=O) groups excluding carboxylic acids is 1. The van der Waals surface area contributed by atoms with E-state index < -0.39 is 61.5 Å². The number of halogens is 3. The van der Waals surface area contributed by atoms with Crippen molar-refractivity contribution in [1.82, 2.24) is 4.72 Å². The largest absolute Gasteiger partial charge is 0.451 e. The van der Waals surface area contributed by atoms with Crippen LogP contribution in [0.2, 0.25) is 5.02 Å². The van der Waals surface area contributed by atoms with Gasteiger partial charge in [-0.2, -0.15) is 8.42 Å². The predicted octanol–water partition coefficient (Wildman–Crippen LogP) is 4.73. The fourth-order valence-corrected chi connectivity index (χ4v) is 4.45. The third kappa shape index (κ3) is 5.27. The highest BCUT2D eigenvalue weighted by Crippen LogP contribution is 2.37. The van der Waals surface area contributed by atoms with E-state index in [2.05, 4.69) is 0 Å². The molecule has 0 saturated carbocycles. The fourth-order valence-electron chi connectivity index (χ4n) is 3.31. The average molecular weight is 478 g/mol. The van der Waals surface area contributed by atoms with E-state index in [9.17, 15) is 27.1 Å². The maximum absolute atomic E-state index is 14.7. The molecule has 0 unspecified atom stereocenters. The lowest BCUT2D eigenvalue weighted by Crippen LogP contribution is -2.32. The van der Waals surface area contributed by atoms with Crippen LogP contribution in [0.15, 0.2) is 21.8 Å². The van der Waals surface area contributed by atoms with E-state index in [1.54, 1.807) is 27.7 Å². The summed E-state index contributed by atoms with van der Waals surface area (Å²) in [6.45, 7) is 9.53. The van der Waals surface area contributed by atoms with Gasteiger partial charge in [-0.15, -0.1) is 0 Å². The molecule has 172 valence electrons. The SMILES string of the molecule is CC(C)c1c(F)c(Cl)c(F)c(C(C)C)c1CC(=O)NS(=O)(=O)c1cc(C(C)(C)O)co1. The molecule has 1 aromatic heterocycles. The van der Waals surface area contributed by atoms with E-state index in [1.165, 1.54) is 13.8 Å². The molecule has 0 aliphatic rings. The van der Waals surface area contributed by atoms with Crippen molar-refractivity contribution in [3.05, 3.63) is 51.2 Å². The van der Waals surface area contributed by atoms with Gasteiger partial charge in [0, 0.05) is 11.6 Å². The first-order chi connectivity index (χ1) is 14.1. The Morgan fingerprint density at radius 2 is 1.65 bits per heavy atom. The Labute approximate surface area is 185 Å². The zero-order valence-corrected chi connectivity index (χ0v) is 19.7. The van der Waals surface area contributed by atoms with E-state index >= 15 is 0 Å². The van der Waals surface area contributed by atoms with E-state index in [0.717, 1.165) is 12.3 Å². The predicted molar refractivity (Wildman–Crippen MR) is 113 cm³/mol. The van der Waals surface area contributed by atoms with E-state index in [0.29, 0.717) is 0 Å². The molecule has 0 bridgehead atoms. The standard InChI is InChI=1S/C21H26ClF2NO5S/c1-10(2)16-13(17(11(3)4)20(24)18(22)19(16)23)8-14(26)25-31(28,29)15-7-12(9-30-15)21(5,6)27/h7,9-11,27H,8H2,1-6H3,(H,25,26). The summed E-state index contributed by atoms with van der Waals surface area (Å²) >= 11 is 5.83. The van der Waals surface area contributed by atoms with Gasteiger partial charge >= 0.3 is 0 Å². The van der Waals surface area contributed by atoms with Crippen LogP contribution in [0.25, 0.3) is 0 Å². The van der Waals surface area contributed by atoms with Crippen LogP contribution < -0.4 is 4.72 Å². The van der Waals surface area contributed by atoms with Gasteiger partial charge < -0.3 is 9.52 Å². The Hall–Kier alpha value is -1.97. The Balaban J connectivity index is 2.45. The summed E-state index contributed by atoms with van der Waals surface area (Å²) in [5, 5.41) is 8.74. The molecule has 31 heavy (non-hydrogen) atoms. The van der Waals surface area contributed by atoms with Gasteiger partial charge in [0.2, 0.25) is 11.0 Å².